The van der Waals surface area contributed by atoms with Crippen LogP contribution < -0.4 is 5.32 Å². The van der Waals surface area contributed by atoms with Crippen LogP contribution in [0.4, 0.5) is 14.9 Å². The molecule has 0 radical (unpaired) electrons. The highest BCUT2D eigenvalue weighted by Crippen LogP contribution is 2.30. The van der Waals surface area contributed by atoms with Crippen molar-refractivity contribution in [3.05, 3.63) is 30.1 Å². The van der Waals surface area contributed by atoms with Gasteiger partial charge in [0.15, 0.2) is 0 Å². The number of carbonyl (C=O) groups is 2. The van der Waals surface area contributed by atoms with E-state index in [0.29, 0.717) is 13.0 Å². The zero-order valence-corrected chi connectivity index (χ0v) is 10.5. The van der Waals surface area contributed by atoms with Crippen LogP contribution in [0.2, 0.25) is 0 Å². The summed E-state index contributed by atoms with van der Waals surface area (Å²) >= 11 is 0. The number of nitrogens with zero attached hydrogens (tertiary/aromatic N) is 1. The van der Waals surface area contributed by atoms with E-state index in [1.807, 2.05) is 0 Å². The number of amides is 2. The molecule has 1 aliphatic rings. The Morgan fingerprint density at radius 2 is 2.11 bits per heavy atom. The summed E-state index contributed by atoms with van der Waals surface area (Å²) in [6.07, 6.45) is 0.396. The number of rotatable bonds is 2. The molecular weight excluding hydrogens is 251 g/mol. The van der Waals surface area contributed by atoms with E-state index in [1.54, 1.807) is 13.0 Å². The van der Waals surface area contributed by atoms with E-state index in [1.165, 1.54) is 23.1 Å². The molecule has 19 heavy (non-hydrogen) atoms. The molecule has 2 rings (SSSR count). The Bertz CT molecular complexity index is 520. The number of likely N-dealkylation sites (tertiary alicyclic amines) is 1. The van der Waals surface area contributed by atoms with Gasteiger partial charge >= 0.3 is 12.0 Å². The molecule has 0 spiro atoms. The van der Waals surface area contributed by atoms with Crippen molar-refractivity contribution in [1.29, 1.82) is 0 Å². The lowest BCUT2D eigenvalue weighted by molar-refractivity contribution is -0.146. The first kappa shape index (κ1) is 13.3. The van der Waals surface area contributed by atoms with Gasteiger partial charge in [0.2, 0.25) is 0 Å². The number of aliphatic carboxylic acids is 1. The molecule has 1 heterocycles. The van der Waals surface area contributed by atoms with Crippen molar-refractivity contribution in [3.63, 3.8) is 0 Å². The number of carboxylic acid groups (broad SMARTS) is 1. The van der Waals surface area contributed by atoms with E-state index in [9.17, 15) is 14.0 Å². The molecule has 1 saturated heterocycles. The van der Waals surface area contributed by atoms with E-state index in [4.69, 9.17) is 5.11 Å². The molecule has 0 aromatic heterocycles. The van der Waals surface area contributed by atoms with E-state index >= 15 is 0 Å². The molecule has 1 fully saturated rings. The Balaban J connectivity index is 2.03. The fourth-order valence-corrected chi connectivity index (χ4v) is 2.07. The highest BCUT2D eigenvalue weighted by atomic mass is 19.1. The zero-order valence-electron chi connectivity index (χ0n) is 10.5. The van der Waals surface area contributed by atoms with E-state index < -0.39 is 23.2 Å². The van der Waals surface area contributed by atoms with Crippen LogP contribution in [-0.4, -0.2) is 35.1 Å². The van der Waals surface area contributed by atoms with Gasteiger partial charge < -0.3 is 15.3 Å². The molecule has 102 valence electrons. The van der Waals surface area contributed by atoms with Crippen LogP contribution in [0, 0.1) is 11.2 Å². The molecule has 0 bridgehead atoms. The predicted molar refractivity (Wildman–Crippen MR) is 67.4 cm³/mol. The number of anilines is 1. The number of urea groups is 1. The molecule has 1 atom stereocenters. The highest BCUT2D eigenvalue weighted by Gasteiger charge is 2.42. The van der Waals surface area contributed by atoms with E-state index in [-0.39, 0.29) is 12.2 Å². The fourth-order valence-electron chi connectivity index (χ4n) is 2.07. The molecule has 1 aromatic carbocycles. The molecule has 1 unspecified atom stereocenters. The summed E-state index contributed by atoms with van der Waals surface area (Å²) in [5.74, 6) is -1.44. The zero-order chi connectivity index (χ0) is 14.0. The average Bonchev–Trinajstić information content (AvgIpc) is 2.76. The molecule has 1 aliphatic heterocycles. The number of hydrogen-bond acceptors (Lipinski definition) is 2. The molecular formula is C13H15FN2O3. The van der Waals surface area contributed by atoms with Gasteiger partial charge in [-0.15, -0.1) is 0 Å². The van der Waals surface area contributed by atoms with Crippen LogP contribution in [0.15, 0.2) is 24.3 Å². The molecule has 0 saturated carbocycles. The van der Waals surface area contributed by atoms with Gasteiger partial charge in [-0.25, -0.2) is 9.18 Å². The minimum absolute atomic E-state index is 0.0939. The van der Waals surface area contributed by atoms with Crippen molar-refractivity contribution in [1.82, 2.24) is 4.90 Å². The van der Waals surface area contributed by atoms with Crippen molar-refractivity contribution in [2.45, 2.75) is 13.3 Å². The molecule has 2 amide bonds. The topological polar surface area (TPSA) is 69.6 Å². The van der Waals surface area contributed by atoms with Crippen molar-refractivity contribution in [2.24, 2.45) is 5.41 Å². The maximum Gasteiger partial charge on any atom is 0.321 e. The summed E-state index contributed by atoms with van der Waals surface area (Å²) in [6.45, 7) is 2.08. The standard InChI is InChI=1S/C13H15FN2O3/c1-13(11(17)18)6-7-16(8-13)12(19)15-10-5-3-2-4-9(10)14/h2-5H,6-8H2,1H3,(H,15,19)(H,17,18). The van der Waals surface area contributed by atoms with Crippen molar-refractivity contribution in [3.8, 4) is 0 Å². The van der Waals surface area contributed by atoms with Crippen LogP contribution in [0.5, 0.6) is 0 Å². The largest absolute Gasteiger partial charge is 0.481 e. The third kappa shape index (κ3) is 2.67. The highest BCUT2D eigenvalue weighted by molar-refractivity contribution is 5.90. The summed E-state index contributed by atoms with van der Waals surface area (Å²) in [7, 11) is 0. The number of benzene rings is 1. The Labute approximate surface area is 110 Å². The number of carboxylic acids is 1. The normalized spacial score (nSPS) is 22.3. The lowest BCUT2D eigenvalue weighted by Crippen LogP contribution is -2.37. The second-order valence-electron chi connectivity index (χ2n) is 4.95. The molecule has 5 nitrogen and oxygen atoms in total. The average molecular weight is 266 g/mol. The van der Waals surface area contributed by atoms with Gasteiger partial charge in [0, 0.05) is 13.1 Å². The van der Waals surface area contributed by atoms with Crippen molar-refractivity contribution >= 4 is 17.7 Å². The minimum Gasteiger partial charge on any atom is -0.481 e. The Kier molecular flexibility index (Phi) is 3.42. The second kappa shape index (κ2) is 4.87. The Hall–Kier alpha value is -2.11. The third-order valence-electron chi connectivity index (χ3n) is 3.39. The monoisotopic (exact) mass is 266 g/mol. The summed E-state index contributed by atoms with van der Waals surface area (Å²) in [4.78, 5) is 24.4. The van der Waals surface area contributed by atoms with Crippen LogP contribution in [-0.2, 0) is 4.79 Å². The van der Waals surface area contributed by atoms with Gasteiger partial charge in [-0.1, -0.05) is 12.1 Å². The number of halogens is 1. The minimum atomic E-state index is -0.924. The first-order chi connectivity index (χ1) is 8.92. The summed E-state index contributed by atoms with van der Waals surface area (Å²) in [5, 5.41) is 11.5. The maximum absolute atomic E-state index is 13.4. The summed E-state index contributed by atoms with van der Waals surface area (Å²) < 4.78 is 13.4. The van der Waals surface area contributed by atoms with Gasteiger partial charge in [0.25, 0.3) is 0 Å². The third-order valence-corrected chi connectivity index (χ3v) is 3.39. The van der Waals surface area contributed by atoms with Crippen molar-refractivity contribution in [2.75, 3.05) is 18.4 Å². The molecule has 2 N–H and O–H groups in total. The number of hydrogen-bond donors (Lipinski definition) is 2. The van der Waals surface area contributed by atoms with Gasteiger partial charge in [0.05, 0.1) is 11.1 Å². The lowest BCUT2D eigenvalue weighted by atomic mass is 9.90. The maximum atomic E-state index is 13.4. The first-order valence-electron chi connectivity index (χ1n) is 5.96. The van der Waals surface area contributed by atoms with E-state index in [0.717, 1.165) is 0 Å². The van der Waals surface area contributed by atoms with Gasteiger partial charge in [-0.2, -0.15) is 0 Å². The Morgan fingerprint density at radius 1 is 1.42 bits per heavy atom. The number of nitrogens with one attached hydrogen (secondary N) is 1. The first-order valence-corrected chi connectivity index (χ1v) is 5.96. The summed E-state index contributed by atoms with van der Waals surface area (Å²) in [5.41, 5.74) is -0.830. The van der Waals surface area contributed by atoms with Crippen LogP contribution in [0.3, 0.4) is 0 Å². The predicted octanol–water partition coefficient (Wildman–Crippen LogP) is 2.15. The van der Waals surface area contributed by atoms with Gasteiger partial charge in [0.1, 0.15) is 5.82 Å². The quantitative estimate of drug-likeness (QED) is 0.861. The van der Waals surface area contributed by atoms with Crippen molar-refractivity contribution < 1.29 is 19.1 Å². The molecule has 0 aliphatic carbocycles. The Morgan fingerprint density at radius 3 is 2.68 bits per heavy atom. The molecule has 6 heteroatoms. The second-order valence-corrected chi connectivity index (χ2v) is 4.95. The number of carbonyl (C=O) groups excluding carboxylic acids is 1. The number of para-hydroxylation sites is 1. The van der Waals surface area contributed by atoms with Crippen LogP contribution in [0.25, 0.3) is 0 Å². The van der Waals surface area contributed by atoms with Gasteiger partial charge in [-0.3, -0.25) is 4.79 Å². The summed E-state index contributed by atoms with van der Waals surface area (Å²) in [6, 6.07) is 5.38. The van der Waals surface area contributed by atoms with Gasteiger partial charge in [-0.05, 0) is 25.5 Å². The van der Waals surface area contributed by atoms with E-state index in [2.05, 4.69) is 5.32 Å². The SMILES string of the molecule is CC1(C(=O)O)CCN(C(=O)Nc2ccccc2F)C1. The molecule has 1 aromatic rings. The van der Waals surface area contributed by atoms with Crippen LogP contribution in [0.1, 0.15) is 13.3 Å². The fraction of sp³-hybridized carbons (Fsp3) is 0.385. The van der Waals surface area contributed by atoms with Crippen LogP contribution >= 0.6 is 0 Å². The lowest BCUT2D eigenvalue weighted by Gasteiger charge is -2.20. The smallest absolute Gasteiger partial charge is 0.321 e.